The number of rotatable bonds is 1. The van der Waals surface area contributed by atoms with Crippen LogP contribution in [0.5, 0.6) is 5.88 Å². The lowest BCUT2D eigenvalue weighted by Crippen LogP contribution is -2.11. The first kappa shape index (κ1) is 9.21. The van der Waals surface area contributed by atoms with Gasteiger partial charge >= 0.3 is 0 Å². The molecule has 1 aromatic heterocycles. The second kappa shape index (κ2) is 3.80. The molecule has 0 unspecified atom stereocenters. The van der Waals surface area contributed by atoms with Crippen LogP contribution >= 0.6 is 0 Å². The van der Waals surface area contributed by atoms with E-state index < -0.39 is 0 Å². The van der Waals surface area contributed by atoms with Crippen molar-refractivity contribution >= 4 is 5.57 Å². The van der Waals surface area contributed by atoms with E-state index in [9.17, 15) is 0 Å². The van der Waals surface area contributed by atoms with Crippen LogP contribution in [-0.2, 0) is 11.3 Å². The SMILES string of the molecule is CC=C1COCc2c1ccnc2OC. The van der Waals surface area contributed by atoms with E-state index in [0.717, 1.165) is 5.56 Å². The van der Waals surface area contributed by atoms with Crippen LogP contribution < -0.4 is 4.74 Å². The van der Waals surface area contributed by atoms with E-state index in [0.29, 0.717) is 19.1 Å². The third-order valence-electron chi connectivity index (χ3n) is 2.41. The Balaban J connectivity index is 2.55. The first-order valence-electron chi connectivity index (χ1n) is 4.62. The van der Waals surface area contributed by atoms with Crippen LogP contribution in [0, 0.1) is 0 Å². The zero-order valence-corrected chi connectivity index (χ0v) is 8.41. The van der Waals surface area contributed by atoms with E-state index in [-0.39, 0.29) is 0 Å². The standard InChI is InChI=1S/C11H13NO2/c1-3-8-6-14-7-10-9(8)4-5-12-11(10)13-2/h3-5H,6-7H2,1-2H3. The normalized spacial score (nSPS) is 18.0. The molecule has 0 radical (unpaired) electrons. The summed E-state index contributed by atoms with van der Waals surface area (Å²) in [6.07, 6.45) is 3.84. The highest BCUT2D eigenvalue weighted by Crippen LogP contribution is 2.30. The molecule has 3 nitrogen and oxygen atoms in total. The minimum absolute atomic E-state index is 0.587. The summed E-state index contributed by atoms with van der Waals surface area (Å²) in [6, 6.07) is 2.01. The fraction of sp³-hybridized carbons (Fsp3) is 0.364. The molecule has 1 aliphatic heterocycles. The molecule has 2 rings (SSSR count). The molecule has 0 aromatic carbocycles. The Hall–Kier alpha value is -1.35. The van der Waals surface area contributed by atoms with Crippen molar-refractivity contribution in [2.75, 3.05) is 13.7 Å². The van der Waals surface area contributed by atoms with Gasteiger partial charge in [-0.1, -0.05) is 6.08 Å². The van der Waals surface area contributed by atoms with E-state index in [1.165, 1.54) is 11.1 Å². The van der Waals surface area contributed by atoms with Gasteiger partial charge in [-0.15, -0.1) is 0 Å². The van der Waals surface area contributed by atoms with Crippen LogP contribution in [0.25, 0.3) is 5.57 Å². The average molecular weight is 191 g/mol. The summed E-state index contributed by atoms with van der Waals surface area (Å²) in [5, 5.41) is 0. The van der Waals surface area contributed by atoms with Crippen molar-refractivity contribution in [3.05, 3.63) is 29.5 Å². The van der Waals surface area contributed by atoms with Crippen molar-refractivity contribution in [1.82, 2.24) is 4.98 Å². The molecule has 0 N–H and O–H groups in total. The zero-order chi connectivity index (χ0) is 9.97. The number of ether oxygens (including phenoxy) is 2. The third-order valence-corrected chi connectivity index (χ3v) is 2.41. The topological polar surface area (TPSA) is 31.4 Å². The monoisotopic (exact) mass is 191 g/mol. The third kappa shape index (κ3) is 1.40. The summed E-state index contributed by atoms with van der Waals surface area (Å²) >= 11 is 0. The minimum atomic E-state index is 0.587. The van der Waals surface area contributed by atoms with Gasteiger partial charge in [-0.3, -0.25) is 0 Å². The molecule has 0 saturated carbocycles. The van der Waals surface area contributed by atoms with Gasteiger partial charge < -0.3 is 9.47 Å². The number of aromatic nitrogens is 1. The molecule has 2 heterocycles. The van der Waals surface area contributed by atoms with Gasteiger partial charge in [-0.25, -0.2) is 4.98 Å². The predicted molar refractivity (Wildman–Crippen MR) is 54.1 cm³/mol. The van der Waals surface area contributed by atoms with Crippen LogP contribution in [0.1, 0.15) is 18.1 Å². The number of allylic oxidation sites excluding steroid dienone is 1. The van der Waals surface area contributed by atoms with Crippen LogP contribution in [0.2, 0.25) is 0 Å². The van der Waals surface area contributed by atoms with Gasteiger partial charge in [0.2, 0.25) is 5.88 Å². The lowest BCUT2D eigenvalue weighted by Gasteiger charge is -2.20. The molecule has 0 fully saturated rings. The van der Waals surface area contributed by atoms with E-state index >= 15 is 0 Å². The molecule has 0 bridgehead atoms. The van der Waals surface area contributed by atoms with Crippen molar-refractivity contribution in [3.8, 4) is 5.88 Å². The number of hydrogen-bond acceptors (Lipinski definition) is 3. The lowest BCUT2D eigenvalue weighted by molar-refractivity contribution is 0.142. The first-order valence-corrected chi connectivity index (χ1v) is 4.62. The second-order valence-electron chi connectivity index (χ2n) is 3.15. The summed E-state index contributed by atoms with van der Waals surface area (Å²) < 4.78 is 10.6. The van der Waals surface area contributed by atoms with Gasteiger partial charge in [0.05, 0.1) is 20.3 Å². The maximum Gasteiger partial charge on any atom is 0.219 e. The predicted octanol–water partition coefficient (Wildman–Crippen LogP) is 2.02. The maximum absolute atomic E-state index is 5.45. The molecule has 0 saturated heterocycles. The Bertz CT molecular complexity index is 372. The van der Waals surface area contributed by atoms with Crippen molar-refractivity contribution < 1.29 is 9.47 Å². The maximum atomic E-state index is 5.45. The van der Waals surface area contributed by atoms with Crippen molar-refractivity contribution in [3.63, 3.8) is 0 Å². The Morgan fingerprint density at radius 2 is 2.36 bits per heavy atom. The number of fused-ring (bicyclic) bond motifs is 1. The van der Waals surface area contributed by atoms with E-state index in [1.807, 2.05) is 13.0 Å². The van der Waals surface area contributed by atoms with Gasteiger partial charge in [-0.2, -0.15) is 0 Å². The van der Waals surface area contributed by atoms with Crippen molar-refractivity contribution in [2.45, 2.75) is 13.5 Å². The van der Waals surface area contributed by atoms with E-state index in [2.05, 4.69) is 11.1 Å². The smallest absolute Gasteiger partial charge is 0.219 e. The molecule has 0 atom stereocenters. The van der Waals surface area contributed by atoms with Crippen molar-refractivity contribution in [1.29, 1.82) is 0 Å². The summed E-state index contributed by atoms with van der Waals surface area (Å²) in [6.45, 7) is 3.28. The van der Waals surface area contributed by atoms with Gasteiger partial charge in [-0.05, 0) is 24.1 Å². The number of methoxy groups -OCH3 is 1. The number of hydrogen-bond donors (Lipinski definition) is 0. The Morgan fingerprint density at radius 1 is 1.50 bits per heavy atom. The molecule has 14 heavy (non-hydrogen) atoms. The number of nitrogens with zero attached hydrogens (tertiary/aromatic N) is 1. The highest BCUT2D eigenvalue weighted by Gasteiger charge is 2.18. The number of pyridine rings is 1. The van der Waals surface area contributed by atoms with Crippen LogP contribution in [-0.4, -0.2) is 18.7 Å². The Kier molecular flexibility index (Phi) is 2.50. The fourth-order valence-electron chi connectivity index (χ4n) is 1.67. The molecule has 0 amide bonds. The quantitative estimate of drug-likeness (QED) is 0.680. The summed E-state index contributed by atoms with van der Waals surface area (Å²) in [5.74, 6) is 0.668. The molecule has 74 valence electrons. The fourth-order valence-corrected chi connectivity index (χ4v) is 1.67. The van der Waals surface area contributed by atoms with E-state index in [1.54, 1.807) is 13.3 Å². The Labute approximate surface area is 83.4 Å². The van der Waals surface area contributed by atoms with Crippen LogP contribution in [0.15, 0.2) is 18.3 Å². The molecule has 3 heteroatoms. The largest absolute Gasteiger partial charge is 0.481 e. The van der Waals surface area contributed by atoms with Gasteiger partial charge in [0.1, 0.15) is 0 Å². The first-order chi connectivity index (χ1) is 6.86. The summed E-state index contributed by atoms with van der Waals surface area (Å²) in [5.41, 5.74) is 3.45. The molecule has 0 spiro atoms. The zero-order valence-electron chi connectivity index (χ0n) is 8.41. The summed E-state index contributed by atoms with van der Waals surface area (Å²) in [4.78, 5) is 4.15. The lowest BCUT2D eigenvalue weighted by atomic mass is 10.00. The highest BCUT2D eigenvalue weighted by atomic mass is 16.5. The summed E-state index contributed by atoms with van der Waals surface area (Å²) in [7, 11) is 1.63. The van der Waals surface area contributed by atoms with Crippen LogP contribution in [0.4, 0.5) is 0 Å². The highest BCUT2D eigenvalue weighted by molar-refractivity contribution is 5.70. The molecule has 0 aliphatic carbocycles. The van der Waals surface area contributed by atoms with Gasteiger partial charge in [0.15, 0.2) is 0 Å². The molecule has 1 aliphatic rings. The van der Waals surface area contributed by atoms with Gasteiger partial charge in [0, 0.05) is 11.8 Å². The van der Waals surface area contributed by atoms with E-state index in [4.69, 9.17) is 9.47 Å². The second-order valence-corrected chi connectivity index (χ2v) is 3.15. The van der Waals surface area contributed by atoms with Gasteiger partial charge in [0.25, 0.3) is 0 Å². The molecule has 1 aromatic rings. The van der Waals surface area contributed by atoms with Crippen LogP contribution in [0.3, 0.4) is 0 Å². The van der Waals surface area contributed by atoms with Crippen molar-refractivity contribution in [2.24, 2.45) is 0 Å². The molecular weight excluding hydrogens is 178 g/mol. The minimum Gasteiger partial charge on any atom is -0.481 e. The molecular formula is C11H13NO2. The average Bonchev–Trinajstić information content (AvgIpc) is 2.27. The Morgan fingerprint density at radius 3 is 3.07 bits per heavy atom.